The molecule has 1 saturated heterocycles. The zero-order chi connectivity index (χ0) is 14.9. The molecule has 0 atom stereocenters. The van der Waals surface area contributed by atoms with Gasteiger partial charge in [-0.1, -0.05) is 31.9 Å². The molecule has 0 aliphatic carbocycles. The van der Waals surface area contributed by atoms with E-state index >= 15 is 0 Å². The molecule has 5 heteroatoms. The second-order valence-corrected chi connectivity index (χ2v) is 6.22. The van der Waals surface area contributed by atoms with Crippen LogP contribution in [0.4, 0.5) is 0 Å². The van der Waals surface area contributed by atoms with Crippen LogP contribution in [0, 0.1) is 5.92 Å². The SMILES string of the molecule is CCCNCc1cn(CCN2CCC(CCC)CC2)nn1. The Balaban J connectivity index is 1.64. The normalized spacial score (nSPS) is 17.4. The number of nitrogens with zero attached hydrogens (tertiary/aromatic N) is 4. The van der Waals surface area contributed by atoms with Crippen LogP contribution >= 0.6 is 0 Å². The molecule has 0 bridgehead atoms. The van der Waals surface area contributed by atoms with Gasteiger partial charge in [-0.3, -0.25) is 4.68 Å². The molecule has 0 aromatic carbocycles. The number of nitrogens with one attached hydrogen (secondary N) is 1. The highest BCUT2D eigenvalue weighted by atomic mass is 15.4. The van der Waals surface area contributed by atoms with Gasteiger partial charge in [-0.15, -0.1) is 5.10 Å². The first kappa shape index (κ1) is 16.4. The standard InChI is InChI=1S/C16H31N5/c1-3-5-15-6-9-20(10-7-15)11-12-21-14-16(18-19-21)13-17-8-4-2/h14-15,17H,3-13H2,1-2H3. The van der Waals surface area contributed by atoms with Gasteiger partial charge in [0.1, 0.15) is 0 Å². The molecule has 1 aliphatic heterocycles. The van der Waals surface area contributed by atoms with Gasteiger partial charge in [-0.2, -0.15) is 0 Å². The lowest BCUT2D eigenvalue weighted by atomic mass is 9.92. The van der Waals surface area contributed by atoms with Crippen LogP contribution in [0.1, 0.15) is 51.6 Å². The van der Waals surface area contributed by atoms with Crippen LogP contribution in [0.2, 0.25) is 0 Å². The Bertz CT molecular complexity index is 382. The summed E-state index contributed by atoms with van der Waals surface area (Å²) in [5, 5.41) is 11.8. The highest BCUT2D eigenvalue weighted by molar-refractivity contribution is 4.91. The van der Waals surface area contributed by atoms with Crippen molar-refractivity contribution in [3.8, 4) is 0 Å². The third-order valence-corrected chi connectivity index (χ3v) is 4.37. The summed E-state index contributed by atoms with van der Waals surface area (Å²) in [4.78, 5) is 2.57. The molecule has 5 nitrogen and oxygen atoms in total. The fourth-order valence-corrected chi connectivity index (χ4v) is 3.07. The average molecular weight is 293 g/mol. The Kier molecular flexibility index (Phi) is 7.16. The second kappa shape index (κ2) is 9.15. The van der Waals surface area contributed by atoms with Crippen molar-refractivity contribution in [2.75, 3.05) is 26.2 Å². The van der Waals surface area contributed by atoms with Gasteiger partial charge in [0.15, 0.2) is 0 Å². The molecule has 1 aromatic rings. The Hall–Kier alpha value is -0.940. The summed E-state index contributed by atoms with van der Waals surface area (Å²) in [6.07, 6.45) is 8.72. The van der Waals surface area contributed by atoms with Gasteiger partial charge in [0.25, 0.3) is 0 Å². The highest BCUT2D eigenvalue weighted by Crippen LogP contribution is 2.21. The maximum absolute atomic E-state index is 4.22. The molecule has 1 N–H and O–H groups in total. The number of piperidine rings is 1. The van der Waals surface area contributed by atoms with Crippen LogP contribution in [0.15, 0.2) is 6.20 Å². The third kappa shape index (κ3) is 5.75. The predicted octanol–water partition coefficient (Wildman–Crippen LogP) is 2.29. The Labute approximate surface area is 129 Å². The van der Waals surface area contributed by atoms with Crippen molar-refractivity contribution in [2.45, 2.75) is 59.0 Å². The van der Waals surface area contributed by atoms with Gasteiger partial charge >= 0.3 is 0 Å². The van der Waals surface area contributed by atoms with E-state index < -0.39 is 0 Å². The molecule has 2 heterocycles. The minimum absolute atomic E-state index is 0.830. The number of aromatic nitrogens is 3. The molecule has 1 aliphatic rings. The van der Waals surface area contributed by atoms with Gasteiger partial charge in [-0.25, -0.2) is 0 Å². The topological polar surface area (TPSA) is 46.0 Å². The van der Waals surface area contributed by atoms with Crippen LogP contribution < -0.4 is 5.32 Å². The van der Waals surface area contributed by atoms with Crippen molar-refractivity contribution >= 4 is 0 Å². The van der Waals surface area contributed by atoms with Crippen LogP contribution in [0.3, 0.4) is 0 Å². The minimum Gasteiger partial charge on any atom is -0.311 e. The molecule has 0 saturated carbocycles. The van der Waals surface area contributed by atoms with Crippen LogP contribution in [-0.4, -0.2) is 46.1 Å². The molecule has 1 fully saturated rings. The van der Waals surface area contributed by atoms with E-state index in [1.165, 1.54) is 38.8 Å². The van der Waals surface area contributed by atoms with Crippen molar-refractivity contribution in [1.82, 2.24) is 25.2 Å². The van der Waals surface area contributed by atoms with Crippen molar-refractivity contribution in [3.63, 3.8) is 0 Å². The average Bonchev–Trinajstić information content (AvgIpc) is 2.95. The quantitative estimate of drug-likeness (QED) is 0.710. The van der Waals surface area contributed by atoms with Gasteiger partial charge in [-0.05, 0) is 44.8 Å². The summed E-state index contributed by atoms with van der Waals surface area (Å²) in [7, 11) is 0. The molecule has 21 heavy (non-hydrogen) atoms. The highest BCUT2D eigenvalue weighted by Gasteiger charge is 2.18. The van der Waals surface area contributed by atoms with Gasteiger partial charge in [0.2, 0.25) is 0 Å². The monoisotopic (exact) mass is 293 g/mol. The first-order valence-electron chi connectivity index (χ1n) is 8.64. The van der Waals surface area contributed by atoms with Crippen molar-refractivity contribution in [1.29, 1.82) is 0 Å². The van der Waals surface area contributed by atoms with E-state index in [1.807, 2.05) is 4.68 Å². The summed E-state index contributed by atoms with van der Waals surface area (Å²) in [6, 6.07) is 0. The summed E-state index contributed by atoms with van der Waals surface area (Å²) < 4.78 is 1.99. The first-order valence-corrected chi connectivity index (χ1v) is 8.64. The molecule has 120 valence electrons. The summed E-state index contributed by atoms with van der Waals surface area (Å²) >= 11 is 0. The molecule has 0 radical (unpaired) electrons. The summed E-state index contributed by atoms with van der Waals surface area (Å²) in [5.74, 6) is 0.967. The smallest absolute Gasteiger partial charge is 0.0964 e. The maximum Gasteiger partial charge on any atom is 0.0964 e. The number of hydrogen-bond acceptors (Lipinski definition) is 4. The maximum atomic E-state index is 4.22. The van der Waals surface area contributed by atoms with E-state index in [-0.39, 0.29) is 0 Å². The molecule has 0 unspecified atom stereocenters. The van der Waals surface area contributed by atoms with E-state index in [1.54, 1.807) is 0 Å². The third-order valence-electron chi connectivity index (χ3n) is 4.37. The fraction of sp³-hybridized carbons (Fsp3) is 0.875. The predicted molar refractivity (Wildman–Crippen MR) is 86.1 cm³/mol. The van der Waals surface area contributed by atoms with Gasteiger partial charge in [0.05, 0.1) is 12.2 Å². The Morgan fingerprint density at radius 2 is 2.00 bits per heavy atom. The minimum atomic E-state index is 0.830. The van der Waals surface area contributed by atoms with E-state index in [2.05, 4.69) is 40.6 Å². The Morgan fingerprint density at radius 3 is 2.71 bits per heavy atom. The number of rotatable bonds is 9. The van der Waals surface area contributed by atoms with Crippen molar-refractivity contribution in [2.24, 2.45) is 5.92 Å². The molecule has 0 amide bonds. The van der Waals surface area contributed by atoms with Crippen molar-refractivity contribution in [3.05, 3.63) is 11.9 Å². The van der Waals surface area contributed by atoms with Crippen LogP contribution in [0.5, 0.6) is 0 Å². The van der Waals surface area contributed by atoms with Crippen LogP contribution in [0.25, 0.3) is 0 Å². The van der Waals surface area contributed by atoms with Crippen molar-refractivity contribution < 1.29 is 0 Å². The molecule has 2 rings (SSSR count). The number of likely N-dealkylation sites (tertiary alicyclic amines) is 1. The van der Waals surface area contributed by atoms with Crippen LogP contribution in [-0.2, 0) is 13.1 Å². The zero-order valence-corrected chi connectivity index (χ0v) is 13.7. The fourth-order valence-electron chi connectivity index (χ4n) is 3.07. The lowest BCUT2D eigenvalue weighted by Gasteiger charge is -2.31. The first-order chi connectivity index (χ1) is 10.3. The molecular weight excluding hydrogens is 262 g/mol. The largest absolute Gasteiger partial charge is 0.311 e. The van der Waals surface area contributed by atoms with E-state index in [0.29, 0.717) is 0 Å². The number of hydrogen-bond donors (Lipinski definition) is 1. The Morgan fingerprint density at radius 1 is 1.19 bits per heavy atom. The summed E-state index contributed by atoms with van der Waals surface area (Å²) in [6.45, 7) is 10.9. The van der Waals surface area contributed by atoms with E-state index in [4.69, 9.17) is 0 Å². The summed E-state index contributed by atoms with van der Waals surface area (Å²) in [5.41, 5.74) is 1.05. The van der Waals surface area contributed by atoms with E-state index in [9.17, 15) is 0 Å². The lowest BCUT2D eigenvalue weighted by Crippen LogP contribution is -2.35. The molecule has 1 aromatic heterocycles. The lowest BCUT2D eigenvalue weighted by molar-refractivity contribution is 0.171. The second-order valence-electron chi connectivity index (χ2n) is 6.22. The van der Waals surface area contributed by atoms with Gasteiger partial charge in [0, 0.05) is 19.3 Å². The molecule has 0 spiro atoms. The van der Waals surface area contributed by atoms with E-state index in [0.717, 1.165) is 44.2 Å². The zero-order valence-electron chi connectivity index (χ0n) is 13.7. The van der Waals surface area contributed by atoms with Gasteiger partial charge < -0.3 is 10.2 Å². The molecular formula is C16H31N5.